The fraction of sp³-hybridized carbons (Fsp3) is 0.500. The Kier molecular flexibility index (Phi) is 4.51. The van der Waals surface area contributed by atoms with Crippen LogP contribution in [0.4, 0.5) is 5.95 Å². The number of nitrogens with zero attached hydrogens (tertiary/aromatic N) is 4. The van der Waals surface area contributed by atoms with E-state index in [9.17, 15) is 4.79 Å². The third-order valence-corrected chi connectivity index (χ3v) is 6.39. The van der Waals surface area contributed by atoms with Gasteiger partial charge in [-0.1, -0.05) is 30.3 Å². The molecule has 6 heteroatoms. The van der Waals surface area contributed by atoms with Crippen LogP contribution in [-0.2, 0) is 0 Å². The number of carbonyl (C=O) groups is 1. The normalized spacial score (nSPS) is 24.9. The molecule has 2 bridgehead atoms. The molecule has 0 spiro atoms. The number of hydrogen-bond acceptors (Lipinski definition) is 5. The van der Waals surface area contributed by atoms with Crippen LogP contribution < -0.4 is 5.73 Å². The number of carbonyl (C=O) groups excluding carboxylic acids is 1. The second-order valence-electron chi connectivity index (χ2n) is 8.56. The van der Waals surface area contributed by atoms with Crippen molar-refractivity contribution in [2.75, 3.05) is 31.9 Å². The van der Waals surface area contributed by atoms with Gasteiger partial charge in [-0.25, -0.2) is 9.97 Å². The van der Waals surface area contributed by atoms with Gasteiger partial charge in [0.1, 0.15) is 0 Å². The lowest BCUT2D eigenvalue weighted by atomic mass is 9.95. The average molecular weight is 377 g/mol. The molecule has 3 aliphatic heterocycles. The first-order valence-electron chi connectivity index (χ1n) is 10.4. The van der Waals surface area contributed by atoms with Gasteiger partial charge in [0, 0.05) is 44.0 Å². The van der Waals surface area contributed by atoms with Crippen LogP contribution in [0.25, 0.3) is 11.3 Å². The van der Waals surface area contributed by atoms with Crippen LogP contribution >= 0.6 is 0 Å². The zero-order chi connectivity index (χ0) is 19.1. The quantitative estimate of drug-likeness (QED) is 0.887. The van der Waals surface area contributed by atoms with Gasteiger partial charge in [0.05, 0.1) is 11.3 Å². The number of nitrogens with two attached hydrogens (primary N) is 1. The molecule has 28 heavy (non-hydrogen) atoms. The van der Waals surface area contributed by atoms with Gasteiger partial charge in [0.25, 0.3) is 5.91 Å². The van der Waals surface area contributed by atoms with Crippen molar-refractivity contribution in [3.8, 4) is 11.3 Å². The molecule has 4 heterocycles. The van der Waals surface area contributed by atoms with Gasteiger partial charge < -0.3 is 10.6 Å². The van der Waals surface area contributed by atoms with Gasteiger partial charge in [-0.05, 0) is 37.5 Å². The maximum atomic E-state index is 13.5. The van der Waals surface area contributed by atoms with Crippen LogP contribution in [0.3, 0.4) is 0 Å². The number of fused-ring (bicyclic) bond motifs is 4. The number of rotatable bonds is 4. The van der Waals surface area contributed by atoms with E-state index in [0.717, 1.165) is 31.1 Å². The topological polar surface area (TPSA) is 75.3 Å². The van der Waals surface area contributed by atoms with Crippen molar-refractivity contribution < 1.29 is 4.79 Å². The fourth-order valence-corrected chi connectivity index (χ4v) is 4.74. The minimum Gasteiger partial charge on any atom is -0.368 e. The molecule has 1 amide bonds. The number of benzene rings is 1. The molecule has 4 aliphatic rings. The van der Waals surface area contributed by atoms with Crippen LogP contribution in [0.1, 0.15) is 36.0 Å². The second-order valence-corrected chi connectivity index (χ2v) is 8.56. The van der Waals surface area contributed by atoms with Gasteiger partial charge in [0.2, 0.25) is 5.95 Å². The zero-order valence-corrected chi connectivity index (χ0v) is 16.1. The predicted octanol–water partition coefficient (Wildman–Crippen LogP) is 2.67. The lowest BCUT2D eigenvalue weighted by Gasteiger charge is -2.36. The molecule has 4 fully saturated rings. The summed E-state index contributed by atoms with van der Waals surface area (Å²) in [5.41, 5.74) is 7.92. The monoisotopic (exact) mass is 377 g/mol. The van der Waals surface area contributed by atoms with Gasteiger partial charge in [-0.2, -0.15) is 0 Å². The Morgan fingerprint density at radius 2 is 1.89 bits per heavy atom. The maximum absolute atomic E-state index is 13.5. The molecule has 3 saturated heterocycles. The Morgan fingerprint density at radius 1 is 1.07 bits per heavy atom. The van der Waals surface area contributed by atoms with E-state index in [1.807, 2.05) is 35.2 Å². The maximum Gasteiger partial charge on any atom is 0.257 e. The summed E-state index contributed by atoms with van der Waals surface area (Å²) in [6, 6.07) is 10.3. The summed E-state index contributed by atoms with van der Waals surface area (Å²) in [6.45, 7) is 3.98. The minimum atomic E-state index is 0.0315. The molecule has 6 rings (SSSR count). The Morgan fingerprint density at radius 3 is 2.68 bits per heavy atom. The molecular formula is C22H27N5O. The number of hydrogen-bond donors (Lipinski definition) is 1. The highest BCUT2D eigenvalue weighted by molar-refractivity contribution is 5.99. The molecule has 1 aromatic heterocycles. The average Bonchev–Trinajstić information content (AvgIpc) is 3.56. The molecule has 2 aromatic rings. The van der Waals surface area contributed by atoms with E-state index in [2.05, 4.69) is 14.9 Å². The predicted molar refractivity (Wildman–Crippen MR) is 109 cm³/mol. The Bertz CT molecular complexity index is 866. The van der Waals surface area contributed by atoms with Gasteiger partial charge >= 0.3 is 0 Å². The van der Waals surface area contributed by atoms with E-state index >= 15 is 0 Å². The van der Waals surface area contributed by atoms with Crippen molar-refractivity contribution in [1.29, 1.82) is 0 Å². The Balaban J connectivity index is 1.42. The molecule has 0 unspecified atom stereocenters. The lowest BCUT2D eigenvalue weighted by Crippen LogP contribution is -2.45. The number of piperidine rings is 1. The standard InChI is InChI=1S/C22H27N5O/c23-22-24-10-19(20(25-22)17-4-2-1-3-5-17)21(28)27-13-16-8-9-18(14-27)26(12-16)11-15-6-7-15/h1-5,10,15-16,18H,6-9,11-14H2,(H2,23,24,25)/t16-,18-/m0/s1. The van der Waals surface area contributed by atoms with Crippen molar-refractivity contribution in [3.05, 3.63) is 42.1 Å². The molecule has 1 aromatic carbocycles. The van der Waals surface area contributed by atoms with E-state index in [-0.39, 0.29) is 11.9 Å². The van der Waals surface area contributed by atoms with Crippen molar-refractivity contribution in [2.45, 2.75) is 31.7 Å². The second kappa shape index (κ2) is 7.17. The van der Waals surface area contributed by atoms with Crippen LogP contribution in [0.15, 0.2) is 36.5 Å². The summed E-state index contributed by atoms with van der Waals surface area (Å²) in [5, 5.41) is 0. The molecule has 2 N–H and O–H groups in total. The van der Waals surface area contributed by atoms with Crippen molar-refractivity contribution in [2.24, 2.45) is 11.8 Å². The molecule has 1 aliphatic carbocycles. The van der Waals surface area contributed by atoms with Crippen molar-refractivity contribution >= 4 is 11.9 Å². The SMILES string of the molecule is Nc1ncc(C(=O)N2C[C@H]3CC[C@@H](C2)N(CC2CC2)C3)c(-c2ccccc2)n1. The molecule has 146 valence electrons. The van der Waals surface area contributed by atoms with Crippen LogP contribution in [-0.4, -0.2) is 57.9 Å². The van der Waals surface area contributed by atoms with Crippen LogP contribution in [0.2, 0.25) is 0 Å². The number of aromatic nitrogens is 2. The minimum absolute atomic E-state index is 0.0315. The summed E-state index contributed by atoms with van der Waals surface area (Å²) in [5.74, 6) is 1.68. The lowest BCUT2D eigenvalue weighted by molar-refractivity contribution is 0.0737. The highest BCUT2D eigenvalue weighted by Crippen LogP contribution is 2.35. The summed E-state index contributed by atoms with van der Waals surface area (Å²) in [4.78, 5) is 26.7. The first-order valence-corrected chi connectivity index (χ1v) is 10.4. The van der Waals surface area contributed by atoms with E-state index in [1.54, 1.807) is 6.20 Å². The Labute approximate surface area is 165 Å². The summed E-state index contributed by atoms with van der Waals surface area (Å²) >= 11 is 0. The third-order valence-electron chi connectivity index (χ3n) is 6.39. The summed E-state index contributed by atoms with van der Waals surface area (Å²) in [6.07, 6.45) is 6.77. The molecular weight excluding hydrogens is 350 g/mol. The van der Waals surface area contributed by atoms with Crippen molar-refractivity contribution in [1.82, 2.24) is 19.8 Å². The van der Waals surface area contributed by atoms with E-state index < -0.39 is 0 Å². The molecule has 0 radical (unpaired) electrons. The van der Waals surface area contributed by atoms with Crippen molar-refractivity contribution in [3.63, 3.8) is 0 Å². The molecule has 6 nitrogen and oxygen atoms in total. The molecule has 2 atom stereocenters. The third kappa shape index (κ3) is 3.49. The molecule has 1 saturated carbocycles. The largest absolute Gasteiger partial charge is 0.368 e. The number of nitrogen functional groups attached to an aromatic ring is 1. The summed E-state index contributed by atoms with van der Waals surface area (Å²) < 4.78 is 0. The van der Waals surface area contributed by atoms with E-state index in [4.69, 9.17) is 5.73 Å². The Hall–Kier alpha value is -2.47. The van der Waals surface area contributed by atoms with E-state index in [1.165, 1.54) is 32.2 Å². The van der Waals surface area contributed by atoms with Gasteiger partial charge in [0.15, 0.2) is 0 Å². The smallest absolute Gasteiger partial charge is 0.257 e. The van der Waals surface area contributed by atoms with E-state index in [0.29, 0.717) is 23.2 Å². The van der Waals surface area contributed by atoms with Crippen LogP contribution in [0, 0.1) is 11.8 Å². The first-order chi connectivity index (χ1) is 13.7. The summed E-state index contributed by atoms with van der Waals surface area (Å²) in [7, 11) is 0. The van der Waals surface area contributed by atoms with Crippen LogP contribution in [0.5, 0.6) is 0 Å². The highest BCUT2D eigenvalue weighted by Gasteiger charge is 2.39. The number of anilines is 1. The number of amides is 1. The van der Waals surface area contributed by atoms with Gasteiger partial charge in [-0.15, -0.1) is 0 Å². The zero-order valence-electron chi connectivity index (χ0n) is 16.1. The fourth-order valence-electron chi connectivity index (χ4n) is 4.74. The highest BCUT2D eigenvalue weighted by atomic mass is 16.2. The van der Waals surface area contributed by atoms with Gasteiger partial charge in [-0.3, -0.25) is 9.69 Å². The first kappa shape index (κ1) is 17.6.